The predicted molar refractivity (Wildman–Crippen MR) is 124 cm³/mol. The van der Waals surface area contributed by atoms with Crippen molar-refractivity contribution in [1.82, 2.24) is 19.8 Å². The van der Waals surface area contributed by atoms with E-state index in [1.165, 1.54) is 29.0 Å². The molecule has 10 heteroatoms. The Morgan fingerprint density at radius 3 is 2.81 bits per heavy atom. The average molecular weight is 464 g/mol. The van der Waals surface area contributed by atoms with Gasteiger partial charge in [-0.3, -0.25) is 15.0 Å². The molecule has 0 atom stereocenters. The third-order valence-electron chi connectivity index (χ3n) is 4.87. The quantitative estimate of drug-likeness (QED) is 0.404. The van der Waals surface area contributed by atoms with Crippen LogP contribution in [0.4, 0.5) is 0 Å². The Hall–Kier alpha value is -3.63. The van der Waals surface area contributed by atoms with E-state index in [0.29, 0.717) is 21.9 Å². The molecule has 5 rings (SSSR count). The van der Waals surface area contributed by atoms with Gasteiger partial charge in [-0.15, -0.1) is 22.7 Å². The maximum absolute atomic E-state index is 13.2. The van der Waals surface area contributed by atoms with E-state index in [9.17, 15) is 9.59 Å². The minimum atomic E-state index is -0.350. The van der Waals surface area contributed by atoms with Crippen LogP contribution in [0.3, 0.4) is 0 Å². The normalized spacial score (nSPS) is 11.2. The number of nitrogens with zero attached hydrogens (tertiary/aromatic N) is 4. The van der Waals surface area contributed by atoms with Crippen molar-refractivity contribution in [3.63, 3.8) is 0 Å². The lowest BCUT2D eigenvalue weighted by molar-refractivity contribution is -0.117. The molecule has 0 fully saturated rings. The van der Waals surface area contributed by atoms with Gasteiger partial charge in [-0.1, -0.05) is 41.6 Å². The fraction of sp³-hybridized carbons (Fsp3) is 0.136. The molecule has 0 spiro atoms. The molecule has 0 unspecified atom stereocenters. The summed E-state index contributed by atoms with van der Waals surface area (Å²) in [6.45, 7) is 1.96. The molecule has 0 radical (unpaired) electrons. The van der Waals surface area contributed by atoms with Crippen LogP contribution >= 0.6 is 22.7 Å². The van der Waals surface area contributed by atoms with E-state index < -0.39 is 0 Å². The third kappa shape index (κ3) is 3.85. The molecule has 1 aromatic carbocycles. The lowest BCUT2D eigenvalue weighted by Gasteiger charge is -2.08. The molecule has 1 amide bonds. The van der Waals surface area contributed by atoms with Crippen molar-refractivity contribution < 1.29 is 9.32 Å². The van der Waals surface area contributed by atoms with Gasteiger partial charge in [-0.05, 0) is 23.9 Å². The summed E-state index contributed by atoms with van der Waals surface area (Å²) in [5.74, 6) is 0.518. The van der Waals surface area contributed by atoms with E-state index in [-0.39, 0.29) is 24.3 Å². The van der Waals surface area contributed by atoms with Gasteiger partial charge in [0.25, 0.3) is 5.56 Å². The highest BCUT2D eigenvalue weighted by Crippen LogP contribution is 2.35. The number of aryl methyl sites for hydroxylation is 2. The number of thiophene rings is 2. The second-order valence-electron chi connectivity index (χ2n) is 7.02. The average Bonchev–Trinajstić information content (AvgIpc) is 3.54. The van der Waals surface area contributed by atoms with E-state index in [2.05, 4.69) is 20.6 Å². The number of carbonyl (C=O) groups excluding carboxylic acids is 1. The summed E-state index contributed by atoms with van der Waals surface area (Å²) in [4.78, 5) is 36.9. The van der Waals surface area contributed by atoms with E-state index >= 15 is 0 Å². The second-order valence-corrected chi connectivity index (χ2v) is 9.17. The van der Waals surface area contributed by atoms with Crippen LogP contribution in [0.1, 0.15) is 17.2 Å². The zero-order valence-corrected chi connectivity index (χ0v) is 18.6. The standard InChI is InChI=1S/C22H17N5O3S2/c1-13-18(14-6-3-2-4-7-14)19-21(32-13)23-12-27(22(19)29)25-16(28)9-10-17-24-20(26-30-17)15-8-5-11-31-15/h2-8,11-12H,9-10H2,1H3,(H,25,28). The first-order valence-corrected chi connectivity index (χ1v) is 11.5. The van der Waals surface area contributed by atoms with E-state index in [1.807, 2.05) is 54.8 Å². The summed E-state index contributed by atoms with van der Waals surface area (Å²) in [6.07, 6.45) is 1.70. The number of rotatable bonds is 6. The minimum Gasteiger partial charge on any atom is -0.339 e. The second kappa shape index (κ2) is 8.48. The smallest absolute Gasteiger partial charge is 0.281 e. The summed E-state index contributed by atoms with van der Waals surface area (Å²) < 4.78 is 6.36. The topological polar surface area (TPSA) is 103 Å². The van der Waals surface area contributed by atoms with Crippen molar-refractivity contribution >= 4 is 38.8 Å². The number of nitrogens with one attached hydrogen (secondary N) is 1. The van der Waals surface area contributed by atoms with Crippen LogP contribution < -0.4 is 11.0 Å². The lowest BCUT2D eigenvalue weighted by atomic mass is 10.0. The first-order chi connectivity index (χ1) is 15.6. The molecule has 4 heterocycles. The molecule has 0 aliphatic heterocycles. The SMILES string of the molecule is Cc1sc2ncn(NC(=O)CCc3nc(-c4cccs4)no3)c(=O)c2c1-c1ccccc1. The molecule has 0 saturated heterocycles. The molecule has 0 bridgehead atoms. The van der Waals surface area contributed by atoms with Gasteiger partial charge >= 0.3 is 0 Å². The van der Waals surface area contributed by atoms with Crippen LogP contribution in [0.15, 0.2) is 63.5 Å². The lowest BCUT2D eigenvalue weighted by Crippen LogP contribution is -2.33. The van der Waals surface area contributed by atoms with E-state index in [1.54, 1.807) is 0 Å². The largest absolute Gasteiger partial charge is 0.339 e. The number of amides is 1. The zero-order valence-electron chi connectivity index (χ0n) is 16.9. The highest BCUT2D eigenvalue weighted by molar-refractivity contribution is 7.19. The Kier molecular flexibility index (Phi) is 5.38. The Bertz CT molecular complexity index is 1450. The highest BCUT2D eigenvalue weighted by Gasteiger charge is 2.18. The van der Waals surface area contributed by atoms with Gasteiger partial charge in [-0.2, -0.15) is 4.98 Å². The number of carbonyl (C=O) groups is 1. The molecule has 8 nitrogen and oxygen atoms in total. The molecule has 0 aliphatic rings. The molecule has 4 aromatic heterocycles. The fourth-order valence-electron chi connectivity index (χ4n) is 3.41. The van der Waals surface area contributed by atoms with E-state index in [4.69, 9.17) is 4.52 Å². The molecule has 0 aliphatic carbocycles. The Balaban J connectivity index is 1.34. The molecule has 32 heavy (non-hydrogen) atoms. The number of hydrogen-bond acceptors (Lipinski definition) is 8. The fourth-order valence-corrected chi connectivity index (χ4v) is 5.06. The van der Waals surface area contributed by atoms with Gasteiger partial charge < -0.3 is 4.52 Å². The third-order valence-corrected chi connectivity index (χ3v) is 6.75. The van der Waals surface area contributed by atoms with E-state index in [0.717, 1.165) is 25.6 Å². The molecular weight excluding hydrogens is 446 g/mol. The van der Waals surface area contributed by atoms with Gasteiger partial charge in [0.1, 0.15) is 11.2 Å². The maximum atomic E-state index is 13.2. The Labute approximate surface area is 190 Å². The molecule has 1 N–H and O–H groups in total. The summed E-state index contributed by atoms with van der Waals surface area (Å²) in [5, 5.41) is 6.37. The summed E-state index contributed by atoms with van der Waals surface area (Å²) in [6, 6.07) is 13.5. The molecule has 5 aromatic rings. The first-order valence-electron chi connectivity index (χ1n) is 9.82. The zero-order chi connectivity index (χ0) is 22.1. The van der Waals surface area contributed by atoms with Crippen molar-refractivity contribution in [2.45, 2.75) is 19.8 Å². The van der Waals surface area contributed by atoms with Crippen molar-refractivity contribution in [1.29, 1.82) is 0 Å². The van der Waals surface area contributed by atoms with Crippen molar-refractivity contribution in [3.05, 3.63) is 75.3 Å². The van der Waals surface area contributed by atoms with Crippen molar-refractivity contribution in [3.8, 4) is 21.8 Å². The van der Waals surface area contributed by atoms with Gasteiger partial charge in [0.15, 0.2) is 0 Å². The minimum absolute atomic E-state index is 0.0881. The Morgan fingerprint density at radius 2 is 2.03 bits per heavy atom. The molecule has 160 valence electrons. The van der Waals surface area contributed by atoms with Gasteiger partial charge in [-0.25, -0.2) is 9.66 Å². The number of aromatic nitrogens is 4. The van der Waals surface area contributed by atoms with Crippen molar-refractivity contribution in [2.75, 3.05) is 5.43 Å². The summed E-state index contributed by atoms with van der Waals surface area (Å²) >= 11 is 2.97. The number of benzene rings is 1. The van der Waals surface area contributed by atoms with Gasteiger partial charge in [0.2, 0.25) is 17.6 Å². The van der Waals surface area contributed by atoms with Gasteiger partial charge in [0, 0.05) is 23.3 Å². The maximum Gasteiger partial charge on any atom is 0.281 e. The molecular formula is C22H17N5O3S2. The van der Waals surface area contributed by atoms with Crippen LogP contribution in [-0.4, -0.2) is 25.7 Å². The summed E-state index contributed by atoms with van der Waals surface area (Å²) in [5.41, 5.74) is 4.09. The first kappa shape index (κ1) is 20.3. The van der Waals surface area contributed by atoms with Crippen LogP contribution in [0.2, 0.25) is 0 Å². The van der Waals surface area contributed by atoms with Crippen molar-refractivity contribution in [2.24, 2.45) is 0 Å². The van der Waals surface area contributed by atoms with Crippen LogP contribution in [0, 0.1) is 6.92 Å². The van der Waals surface area contributed by atoms with Crippen LogP contribution in [0.25, 0.3) is 32.0 Å². The highest BCUT2D eigenvalue weighted by atomic mass is 32.1. The Morgan fingerprint density at radius 1 is 1.19 bits per heavy atom. The predicted octanol–water partition coefficient (Wildman–Crippen LogP) is 4.25. The van der Waals surface area contributed by atoms with Gasteiger partial charge in [0.05, 0.1) is 10.3 Å². The van der Waals surface area contributed by atoms with Crippen LogP contribution in [0.5, 0.6) is 0 Å². The number of fused-ring (bicyclic) bond motifs is 1. The monoisotopic (exact) mass is 463 g/mol. The number of hydrogen-bond donors (Lipinski definition) is 1. The summed E-state index contributed by atoms with van der Waals surface area (Å²) in [7, 11) is 0. The van der Waals surface area contributed by atoms with Crippen LogP contribution in [-0.2, 0) is 11.2 Å². The molecule has 0 saturated carbocycles.